The molecule has 7 nitrogen and oxygen atoms in total. The van der Waals surface area contributed by atoms with Gasteiger partial charge in [-0.05, 0) is 54.1 Å². The third-order valence-electron chi connectivity index (χ3n) is 4.19. The van der Waals surface area contributed by atoms with Crippen LogP contribution >= 0.6 is 34.8 Å². The molecule has 4 aromatic rings. The molecule has 0 aliphatic heterocycles. The van der Waals surface area contributed by atoms with E-state index in [1.807, 2.05) is 0 Å². The second-order valence-corrected chi connectivity index (χ2v) is 7.74. The van der Waals surface area contributed by atoms with Crippen LogP contribution in [0, 0.1) is 0 Å². The summed E-state index contributed by atoms with van der Waals surface area (Å²) in [5.74, 6) is 0.926. The summed E-state index contributed by atoms with van der Waals surface area (Å²) in [6, 6.07) is 15.4. The fourth-order valence-electron chi connectivity index (χ4n) is 2.68. The second-order valence-electron chi connectivity index (χ2n) is 6.46. The molecule has 0 saturated carbocycles. The van der Waals surface area contributed by atoms with Crippen molar-refractivity contribution in [2.45, 2.75) is 13.2 Å². The van der Waals surface area contributed by atoms with Crippen molar-refractivity contribution in [3.05, 3.63) is 93.1 Å². The van der Waals surface area contributed by atoms with E-state index in [2.05, 4.69) is 15.4 Å². The Balaban J connectivity index is 1.34. The Kier molecular flexibility index (Phi) is 6.46. The number of benzene rings is 2. The molecule has 0 atom stereocenters. The van der Waals surface area contributed by atoms with Crippen molar-refractivity contribution >= 4 is 46.7 Å². The number of nitrogens with zero attached hydrogens (tertiary/aromatic N) is 3. The van der Waals surface area contributed by atoms with E-state index in [-0.39, 0.29) is 18.3 Å². The van der Waals surface area contributed by atoms with Crippen LogP contribution in [0.25, 0.3) is 0 Å². The molecule has 0 fully saturated rings. The van der Waals surface area contributed by atoms with Crippen LogP contribution in [0.15, 0.2) is 65.3 Å². The lowest BCUT2D eigenvalue weighted by molar-refractivity contribution is 0.0991. The predicted molar refractivity (Wildman–Crippen MR) is 118 cm³/mol. The van der Waals surface area contributed by atoms with E-state index in [1.165, 1.54) is 6.33 Å². The zero-order valence-electron chi connectivity index (χ0n) is 15.9. The Bertz CT molecular complexity index is 1200. The first-order chi connectivity index (χ1) is 15.0. The molecule has 0 aliphatic carbocycles. The van der Waals surface area contributed by atoms with E-state index in [9.17, 15) is 4.79 Å². The summed E-state index contributed by atoms with van der Waals surface area (Å²) < 4.78 is 12.7. The molecule has 0 bridgehead atoms. The SMILES string of the molecule is O=C(Nc1ncn(Cc2ccc(Cl)cc2Cl)n1)c1ccc(COc2ccc(Cl)cc2)o1. The maximum absolute atomic E-state index is 12.4. The quantitative estimate of drug-likeness (QED) is 0.368. The van der Waals surface area contributed by atoms with Crippen LogP contribution in [0.1, 0.15) is 21.9 Å². The summed E-state index contributed by atoms with van der Waals surface area (Å²) in [5.41, 5.74) is 0.824. The van der Waals surface area contributed by atoms with Gasteiger partial charge in [0.25, 0.3) is 5.91 Å². The van der Waals surface area contributed by atoms with Gasteiger partial charge in [0, 0.05) is 15.1 Å². The standard InChI is InChI=1S/C21H15Cl3N4O3/c22-14-3-5-16(6-4-14)30-11-17-7-8-19(31-17)20(29)26-21-25-12-28(27-21)10-13-1-2-15(23)9-18(13)24/h1-9,12H,10-11H2,(H,26,27,29). The minimum Gasteiger partial charge on any atom is -0.486 e. The number of carbonyl (C=O) groups is 1. The average Bonchev–Trinajstić information content (AvgIpc) is 3.39. The Hall–Kier alpha value is -3.00. The molecule has 4 rings (SSSR count). The number of rotatable bonds is 7. The zero-order chi connectivity index (χ0) is 21.8. The Morgan fingerprint density at radius 1 is 1.03 bits per heavy atom. The van der Waals surface area contributed by atoms with Crippen LogP contribution in [0.3, 0.4) is 0 Å². The monoisotopic (exact) mass is 476 g/mol. The van der Waals surface area contributed by atoms with E-state index in [4.69, 9.17) is 44.0 Å². The van der Waals surface area contributed by atoms with Crippen molar-refractivity contribution < 1.29 is 13.9 Å². The van der Waals surface area contributed by atoms with Crippen molar-refractivity contribution in [1.82, 2.24) is 14.8 Å². The lowest BCUT2D eigenvalue weighted by Gasteiger charge is -2.04. The van der Waals surface area contributed by atoms with Crippen LogP contribution < -0.4 is 10.1 Å². The van der Waals surface area contributed by atoms with Crippen molar-refractivity contribution in [3.8, 4) is 5.75 Å². The molecule has 0 unspecified atom stereocenters. The zero-order valence-corrected chi connectivity index (χ0v) is 18.2. The highest BCUT2D eigenvalue weighted by atomic mass is 35.5. The largest absolute Gasteiger partial charge is 0.486 e. The van der Waals surface area contributed by atoms with Gasteiger partial charge in [0.2, 0.25) is 5.95 Å². The summed E-state index contributed by atoms with van der Waals surface area (Å²) >= 11 is 17.9. The summed E-state index contributed by atoms with van der Waals surface area (Å²) in [7, 11) is 0. The molecule has 10 heteroatoms. The molecule has 1 N–H and O–H groups in total. The fraction of sp³-hybridized carbons (Fsp3) is 0.0952. The van der Waals surface area contributed by atoms with Crippen molar-refractivity contribution in [3.63, 3.8) is 0 Å². The molecule has 2 aromatic carbocycles. The molecule has 0 aliphatic rings. The van der Waals surface area contributed by atoms with Gasteiger partial charge >= 0.3 is 0 Å². The van der Waals surface area contributed by atoms with Crippen LogP contribution in [-0.2, 0) is 13.2 Å². The highest BCUT2D eigenvalue weighted by Gasteiger charge is 2.14. The van der Waals surface area contributed by atoms with Gasteiger partial charge in [-0.15, -0.1) is 5.10 Å². The van der Waals surface area contributed by atoms with Gasteiger partial charge in [-0.3, -0.25) is 10.1 Å². The first-order valence-corrected chi connectivity index (χ1v) is 10.2. The van der Waals surface area contributed by atoms with E-state index in [0.29, 0.717) is 33.1 Å². The molecule has 2 heterocycles. The second kappa shape index (κ2) is 9.43. The van der Waals surface area contributed by atoms with Gasteiger partial charge in [-0.25, -0.2) is 9.67 Å². The highest BCUT2D eigenvalue weighted by Crippen LogP contribution is 2.22. The van der Waals surface area contributed by atoms with Crippen molar-refractivity contribution in [2.75, 3.05) is 5.32 Å². The van der Waals surface area contributed by atoms with Gasteiger partial charge in [0.1, 0.15) is 24.4 Å². The molecule has 2 aromatic heterocycles. The Morgan fingerprint density at radius 3 is 2.58 bits per heavy atom. The van der Waals surface area contributed by atoms with Gasteiger partial charge in [0.15, 0.2) is 5.76 Å². The van der Waals surface area contributed by atoms with E-state index >= 15 is 0 Å². The van der Waals surface area contributed by atoms with E-state index in [0.717, 1.165) is 5.56 Å². The maximum atomic E-state index is 12.4. The number of amides is 1. The number of ether oxygens (including phenoxy) is 1. The van der Waals surface area contributed by atoms with Gasteiger partial charge in [-0.1, -0.05) is 40.9 Å². The predicted octanol–water partition coefficient (Wildman–Crippen LogP) is 5.71. The van der Waals surface area contributed by atoms with Gasteiger partial charge in [0.05, 0.1) is 6.54 Å². The third kappa shape index (κ3) is 5.58. The summed E-state index contributed by atoms with van der Waals surface area (Å²) in [6.45, 7) is 0.551. The lowest BCUT2D eigenvalue weighted by Crippen LogP contribution is -2.12. The molecular weight excluding hydrogens is 463 g/mol. The van der Waals surface area contributed by atoms with Crippen molar-refractivity contribution in [2.24, 2.45) is 0 Å². The molecule has 0 radical (unpaired) electrons. The molecule has 1 amide bonds. The molecular formula is C21H15Cl3N4O3. The first-order valence-electron chi connectivity index (χ1n) is 9.08. The fourth-order valence-corrected chi connectivity index (χ4v) is 3.27. The molecule has 31 heavy (non-hydrogen) atoms. The Morgan fingerprint density at radius 2 is 1.81 bits per heavy atom. The first kappa shape index (κ1) is 21.2. The molecule has 158 valence electrons. The number of hydrogen-bond acceptors (Lipinski definition) is 5. The van der Waals surface area contributed by atoms with Crippen LogP contribution in [0.5, 0.6) is 5.75 Å². The van der Waals surface area contributed by atoms with Gasteiger partial charge < -0.3 is 9.15 Å². The number of anilines is 1. The number of furan rings is 1. The molecule has 0 saturated heterocycles. The Labute approximate surface area is 192 Å². The minimum absolute atomic E-state index is 0.117. The van der Waals surface area contributed by atoms with E-state index in [1.54, 1.807) is 59.3 Å². The average molecular weight is 478 g/mol. The number of hydrogen-bond donors (Lipinski definition) is 1. The topological polar surface area (TPSA) is 82.2 Å². The van der Waals surface area contributed by atoms with E-state index < -0.39 is 5.91 Å². The maximum Gasteiger partial charge on any atom is 0.293 e. The number of nitrogens with one attached hydrogen (secondary N) is 1. The smallest absolute Gasteiger partial charge is 0.293 e. The van der Waals surface area contributed by atoms with Crippen LogP contribution in [0.4, 0.5) is 5.95 Å². The van der Waals surface area contributed by atoms with Gasteiger partial charge in [-0.2, -0.15) is 0 Å². The summed E-state index contributed by atoms with van der Waals surface area (Å²) in [4.78, 5) is 16.5. The number of halogens is 3. The van der Waals surface area contributed by atoms with Crippen LogP contribution in [-0.4, -0.2) is 20.7 Å². The third-order valence-corrected chi connectivity index (χ3v) is 5.03. The minimum atomic E-state index is -0.472. The lowest BCUT2D eigenvalue weighted by atomic mass is 10.2. The number of aromatic nitrogens is 3. The summed E-state index contributed by atoms with van der Waals surface area (Å²) in [5, 5.41) is 8.53. The van der Waals surface area contributed by atoms with Crippen LogP contribution in [0.2, 0.25) is 15.1 Å². The normalized spacial score (nSPS) is 10.8. The molecule has 0 spiro atoms. The number of carbonyl (C=O) groups excluding carboxylic acids is 1. The van der Waals surface area contributed by atoms with Crippen molar-refractivity contribution in [1.29, 1.82) is 0 Å². The highest BCUT2D eigenvalue weighted by molar-refractivity contribution is 6.35. The summed E-state index contributed by atoms with van der Waals surface area (Å²) in [6.07, 6.45) is 1.49.